The number of amides is 1. The highest BCUT2D eigenvalue weighted by molar-refractivity contribution is 6.76. The van der Waals surface area contributed by atoms with E-state index in [9.17, 15) is 15.0 Å². The molecule has 1 fully saturated rings. The van der Waals surface area contributed by atoms with Crippen molar-refractivity contribution in [3.05, 3.63) is 131 Å². The molecule has 1 saturated heterocycles. The molecule has 0 aromatic heterocycles. The second kappa shape index (κ2) is 15.9. The molecule has 4 aromatic carbocycles. The smallest absolute Gasteiger partial charge is 0.272 e. The quantitative estimate of drug-likeness (QED) is 0.141. The number of halogens is 3. The van der Waals surface area contributed by atoms with E-state index >= 15 is 0 Å². The predicted molar refractivity (Wildman–Crippen MR) is 186 cm³/mol. The standard InChI is InChI=1S/C37H39Cl3N2O5/c1-24(34(44)28-8-4-3-5-9-28)42(2)22-31-20-33(27-14-12-25(23-43)13-15-27)47-35(46-31)29-18-16-26(17-19-29)32-11-7-6-10-30(32)21-41-36(45)37(38,39)40/h3-19,24,31,33-35,43-44H,20-23H2,1-2H3,(H,41,45). The van der Waals surface area contributed by atoms with Crippen molar-refractivity contribution in [3.8, 4) is 11.1 Å². The van der Waals surface area contributed by atoms with Crippen molar-refractivity contribution < 1.29 is 24.5 Å². The number of nitrogens with zero attached hydrogens (tertiary/aromatic N) is 1. The van der Waals surface area contributed by atoms with Crippen molar-refractivity contribution in [3.63, 3.8) is 0 Å². The van der Waals surface area contributed by atoms with E-state index in [1.807, 2.05) is 117 Å². The third-order valence-electron chi connectivity index (χ3n) is 8.61. The van der Waals surface area contributed by atoms with Crippen molar-refractivity contribution in [2.75, 3.05) is 13.6 Å². The molecule has 5 unspecified atom stereocenters. The van der Waals surface area contributed by atoms with Gasteiger partial charge in [-0.2, -0.15) is 0 Å². The minimum Gasteiger partial charge on any atom is -0.392 e. The second-order valence-electron chi connectivity index (χ2n) is 11.8. The third-order valence-corrected chi connectivity index (χ3v) is 9.12. The number of hydrogen-bond donors (Lipinski definition) is 3. The SMILES string of the molecule is CC(C(O)c1ccccc1)N(C)CC1CC(c2ccc(CO)cc2)OC(c2ccc(-c3ccccc3CNC(=O)C(Cl)(Cl)Cl)cc2)O1. The van der Waals surface area contributed by atoms with Gasteiger partial charge in [-0.1, -0.05) is 138 Å². The molecule has 7 nitrogen and oxygen atoms in total. The second-order valence-corrected chi connectivity index (χ2v) is 14.1. The van der Waals surface area contributed by atoms with E-state index in [2.05, 4.69) is 10.2 Å². The Morgan fingerprint density at radius 1 is 0.915 bits per heavy atom. The van der Waals surface area contributed by atoms with Gasteiger partial charge in [0.25, 0.3) is 9.70 Å². The number of rotatable bonds is 11. The van der Waals surface area contributed by atoms with Crippen LogP contribution in [0.4, 0.5) is 0 Å². The minimum absolute atomic E-state index is 0.0264. The van der Waals surface area contributed by atoms with Crippen LogP contribution in [0, 0.1) is 0 Å². The normalized spacial score (nSPS) is 19.7. The molecular formula is C37H39Cl3N2O5. The fourth-order valence-corrected chi connectivity index (χ4v) is 5.94. The highest BCUT2D eigenvalue weighted by atomic mass is 35.6. The maximum absolute atomic E-state index is 12.1. The minimum atomic E-state index is -2.04. The molecule has 0 saturated carbocycles. The zero-order chi connectivity index (χ0) is 33.6. The first-order chi connectivity index (χ1) is 22.5. The number of ether oxygens (including phenoxy) is 2. The van der Waals surface area contributed by atoms with Crippen LogP contribution in [0.1, 0.15) is 59.7 Å². The molecule has 1 heterocycles. The lowest BCUT2D eigenvalue weighted by Gasteiger charge is -2.39. The summed E-state index contributed by atoms with van der Waals surface area (Å²) in [6.07, 6.45) is -1.08. The number of aliphatic hydroxyl groups is 2. The first-order valence-corrected chi connectivity index (χ1v) is 16.6. The summed E-state index contributed by atoms with van der Waals surface area (Å²) < 4.78 is 11.1. The van der Waals surface area contributed by atoms with Crippen LogP contribution >= 0.6 is 34.8 Å². The third kappa shape index (κ3) is 9.13. The molecule has 4 aromatic rings. The van der Waals surface area contributed by atoms with Crippen LogP contribution in [-0.2, 0) is 27.4 Å². The van der Waals surface area contributed by atoms with Crippen LogP contribution in [-0.4, -0.2) is 50.6 Å². The maximum Gasteiger partial charge on any atom is 0.272 e. The summed E-state index contributed by atoms with van der Waals surface area (Å²) in [5, 5.41) is 23.3. The Bertz CT molecular complexity index is 1600. The highest BCUT2D eigenvalue weighted by Crippen LogP contribution is 2.39. The van der Waals surface area contributed by atoms with Crippen LogP contribution < -0.4 is 5.32 Å². The lowest BCUT2D eigenvalue weighted by molar-refractivity contribution is -0.253. The number of carbonyl (C=O) groups is 1. The van der Waals surface area contributed by atoms with Gasteiger partial charge in [-0.3, -0.25) is 9.69 Å². The van der Waals surface area contributed by atoms with Gasteiger partial charge >= 0.3 is 0 Å². The number of likely N-dealkylation sites (N-methyl/N-ethyl adjacent to an activating group) is 1. The van der Waals surface area contributed by atoms with Gasteiger partial charge in [0, 0.05) is 31.1 Å². The van der Waals surface area contributed by atoms with Crippen molar-refractivity contribution in [1.82, 2.24) is 10.2 Å². The summed E-state index contributed by atoms with van der Waals surface area (Å²) >= 11 is 17.2. The molecule has 1 aliphatic heterocycles. The van der Waals surface area contributed by atoms with Gasteiger partial charge in [-0.15, -0.1) is 0 Å². The zero-order valence-corrected chi connectivity index (χ0v) is 28.5. The molecule has 5 rings (SSSR count). The van der Waals surface area contributed by atoms with Crippen LogP contribution in [0.3, 0.4) is 0 Å². The van der Waals surface area contributed by atoms with Gasteiger partial charge in [-0.05, 0) is 47.4 Å². The Morgan fingerprint density at radius 2 is 1.55 bits per heavy atom. The van der Waals surface area contributed by atoms with Crippen molar-refractivity contribution in [2.24, 2.45) is 0 Å². The molecule has 3 N–H and O–H groups in total. The zero-order valence-electron chi connectivity index (χ0n) is 26.2. The average molecular weight is 698 g/mol. The van der Waals surface area contributed by atoms with Gasteiger partial charge in [0.2, 0.25) is 0 Å². The molecule has 5 atom stereocenters. The van der Waals surface area contributed by atoms with E-state index in [1.54, 1.807) is 0 Å². The van der Waals surface area contributed by atoms with Gasteiger partial charge in [-0.25, -0.2) is 0 Å². The number of hydrogen-bond acceptors (Lipinski definition) is 6. The average Bonchev–Trinajstić information content (AvgIpc) is 3.10. The first kappa shape index (κ1) is 35.3. The Morgan fingerprint density at radius 3 is 2.21 bits per heavy atom. The molecule has 0 aliphatic carbocycles. The Labute approximate surface area is 291 Å². The fraction of sp³-hybridized carbons (Fsp3) is 0.324. The summed E-state index contributed by atoms with van der Waals surface area (Å²) in [6.45, 7) is 2.77. The maximum atomic E-state index is 12.1. The summed E-state index contributed by atoms with van der Waals surface area (Å²) in [4.78, 5) is 14.3. The van der Waals surface area contributed by atoms with Crippen molar-refractivity contribution >= 4 is 40.7 Å². The monoisotopic (exact) mass is 696 g/mol. The van der Waals surface area contributed by atoms with Gasteiger partial charge in [0.05, 0.1) is 24.9 Å². The summed E-state index contributed by atoms with van der Waals surface area (Å²) in [7, 11) is 2.00. The lowest BCUT2D eigenvalue weighted by Crippen LogP contribution is -2.43. The van der Waals surface area contributed by atoms with Crippen molar-refractivity contribution in [2.45, 2.75) is 60.9 Å². The highest BCUT2D eigenvalue weighted by Gasteiger charge is 2.34. The lowest BCUT2D eigenvalue weighted by atomic mass is 9.97. The number of aliphatic hydroxyl groups excluding tert-OH is 2. The Hall–Kier alpha value is -2.98. The van der Waals surface area contributed by atoms with Crippen LogP contribution in [0.15, 0.2) is 103 Å². The van der Waals surface area contributed by atoms with Gasteiger partial charge in [0.15, 0.2) is 6.29 Å². The summed E-state index contributed by atoms with van der Waals surface area (Å²) in [5.74, 6) is -0.691. The van der Waals surface area contributed by atoms with Gasteiger partial charge in [0.1, 0.15) is 0 Å². The van der Waals surface area contributed by atoms with E-state index in [0.717, 1.165) is 38.9 Å². The Balaban J connectivity index is 1.35. The predicted octanol–water partition coefficient (Wildman–Crippen LogP) is 7.43. The van der Waals surface area contributed by atoms with Crippen molar-refractivity contribution in [1.29, 1.82) is 0 Å². The van der Waals surface area contributed by atoms with Crippen LogP contribution in [0.2, 0.25) is 0 Å². The molecule has 1 amide bonds. The van der Waals surface area contributed by atoms with E-state index in [4.69, 9.17) is 44.3 Å². The topological polar surface area (TPSA) is 91.3 Å². The first-order valence-electron chi connectivity index (χ1n) is 15.5. The van der Waals surface area contributed by atoms with Crippen LogP contribution in [0.25, 0.3) is 11.1 Å². The molecular weight excluding hydrogens is 659 g/mol. The van der Waals surface area contributed by atoms with Gasteiger partial charge < -0.3 is 25.0 Å². The molecule has 1 aliphatic rings. The number of carbonyl (C=O) groups excluding carboxylic acids is 1. The molecule has 0 spiro atoms. The Kier molecular flexibility index (Phi) is 12.0. The van der Waals surface area contributed by atoms with E-state index < -0.39 is 22.1 Å². The van der Waals surface area contributed by atoms with E-state index in [0.29, 0.717) is 13.0 Å². The number of benzene rings is 4. The summed E-state index contributed by atoms with van der Waals surface area (Å²) in [6, 6.07) is 33.0. The molecule has 248 valence electrons. The number of nitrogens with one attached hydrogen (secondary N) is 1. The molecule has 0 bridgehead atoms. The number of alkyl halides is 3. The molecule has 47 heavy (non-hydrogen) atoms. The molecule has 0 radical (unpaired) electrons. The largest absolute Gasteiger partial charge is 0.392 e. The van der Waals surface area contributed by atoms with E-state index in [-0.39, 0.29) is 31.4 Å². The summed E-state index contributed by atoms with van der Waals surface area (Å²) in [5.41, 5.74) is 6.31. The fourth-order valence-electron chi connectivity index (χ4n) is 5.74. The van der Waals surface area contributed by atoms with E-state index in [1.165, 1.54) is 0 Å². The van der Waals surface area contributed by atoms with Crippen LogP contribution in [0.5, 0.6) is 0 Å². The molecule has 10 heteroatoms.